The van der Waals surface area contributed by atoms with Crippen LogP contribution in [0.1, 0.15) is 30.9 Å². The Balaban J connectivity index is 2.66. The summed E-state index contributed by atoms with van der Waals surface area (Å²) in [5.74, 6) is 0.547. The van der Waals surface area contributed by atoms with Crippen LogP contribution >= 0.6 is 0 Å². The third-order valence-corrected chi connectivity index (χ3v) is 2.43. The molecule has 0 aromatic carbocycles. The number of nitrogens with zero attached hydrogens (tertiary/aromatic N) is 1. The molecule has 13 heavy (non-hydrogen) atoms. The first-order valence-corrected chi connectivity index (χ1v) is 4.62. The number of aryl methyl sites for hydroxylation is 1. The highest BCUT2D eigenvalue weighted by atomic mass is 14.8. The minimum absolute atomic E-state index is 0.547. The van der Waals surface area contributed by atoms with Crippen molar-refractivity contribution in [2.75, 3.05) is 0 Å². The summed E-state index contributed by atoms with van der Waals surface area (Å²) in [5.41, 5.74) is 3.56. The zero-order chi connectivity index (χ0) is 9.42. The minimum Gasteiger partial charge on any atom is -0.346 e. The summed E-state index contributed by atoms with van der Waals surface area (Å²) < 4.78 is 0. The molecule has 68 valence electrons. The molecule has 2 heteroatoms. The topological polar surface area (TPSA) is 28.7 Å². The molecular formula is C11H14N2. The van der Waals surface area contributed by atoms with Crippen molar-refractivity contribution >= 4 is 11.0 Å². The van der Waals surface area contributed by atoms with Crippen LogP contribution in [0, 0.1) is 6.92 Å². The Labute approximate surface area is 78.0 Å². The summed E-state index contributed by atoms with van der Waals surface area (Å²) in [7, 11) is 0. The first-order valence-electron chi connectivity index (χ1n) is 4.62. The fourth-order valence-electron chi connectivity index (χ4n) is 1.47. The van der Waals surface area contributed by atoms with E-state index in [4.69, 9.17) is 0 Å². The van der Waals surface area contributed by atoms with E-state index in [1.807, 2.05) is 12.4 Å². The van der Waals surface area contributed by atoms with Gasteiger partial charge in [0.05, 0.1) is 0 Å². The molecule has 0 fully saturated rings. The largest absolute Gasteiger partial charge is 0.346 e. The molecule has 0 aliphatic carbocycles. The zero-order valence-corrected chi connectivity index (χ0v) is 8.26. The standard InChI is InChI=1S/C11H14N2/c1-7(2)9-4-10-8(3)5-12-11(10)13-6-9/h4-7H,1-3H3,(H,12,13). The van der Waals surface area contributed by atoms with E-state index in [0.29, 0.717) is 5.92 Å². The van der Waals surface area contributed by atoms with E-state index in [0.717, 1.165) is 5.65 Å². The second-order valence-electron chi connectivity index (χ2n) is 3.79. The van der Waals surface area contributed by atoms with Crippen molar-refractivity contribution in [3.8, 4) is 0 Å². The van der Waals surface area contributed by atoms with Crippen LogP contribution in [0.2, 0.25) is 0 Å². The van der Waals surface area contributed by atoms with Crippen molar-refractivity contribution in [2.45, 2.75) is 26.7 Å². The van der Waals surface area contributed by atoms with Gasteiger partial charge in [0, 0.05) is 17.8 Å². The Morgan fingerprint density at radius 2 is 2.15 bits per heavy atom. The van der Waals surface area contributed by atoms with E-state index in [-0.39, 0.29) is 0 Å². The van der Waals surface area contributed by atoms with E-state index in [1.54, 1.807) is 0 Å². The first-order chi connectivity index (χ1) is 6.18. The third-order valence-electron chi connectivity index (χ3n) is 2.43. The van der Waals surface area contributed by atoms with Crippen molar-refractivity contribution in [1.82, 2.24) is 9.97 Å². The van der Waals surface area contributed by atoms with Crippen LogP contribution in [0.25, 0.3) is 11.0 Å². The number of aromatic amines is 1. The summed E-state index contributed by atoms with van der Waals surface area (Å²) in [6.07, 6.45) is 3.95. The van der Waals surface area contributed by atoms with Crippen molar-refractivity contribution in [3.63, 3.8) is 0 Å². The Morgan fingerprint density at radius 1 is 1.38 bits per heavy atom. The molecule has 0 saturated heterocycles. The second-order valence-corrected chi connectivity index (χ2v) is 3.79. The maximum absolute atomic E-state index is 4.37. The van der Waals surface area contributed by atoms with Gasteiger partial charge in [0.25, 0.3) is 0 Å². The molecule has 2 heterocycles. The summed E-state index contributed by atoms with van der Waals surface area (Å²) in [6.45, 7) is 6.47. The molecule has 0 spiro atoms. The average molecular weight is 174 g/mol. The van der Waals surface area contributed by atoms with Gasteiger partial charge < -0.3 is 4.98 Å². The van der Waals surface area contributed by atoms with Crippen LogP contribution in [0.4, 0.5) is 0 Å². The lowest BCUT2D eigenvalue weighted by molar-refractivity contribution is 0.861. The van der Waals surface area contributed by atoms with E-state index in [2.05, 4.69) is 36.8 Å². The number of hydrogen-bond donors (Lipinski definition) is 1. The Morgan fingerprint density at radius 3 is 2.85 bits per heavy atom. The molecule has 2 aromatic heterocycles. The predicted octanol–water partition coefficient (Wildman–Crippen LogP) is 2.99. The van der Waals surface area contributed by atoms with Gasteiger partial charge in [-0.3, -0.25) is 0 Å². The molecule has 0 saturated carbocycles. The fourth-order valence-corrected chi connectivity index (χ4v) is 1.47. The highest BCUT2D eigenvalue weighted by Gasteiger charge is 2.04. The number of aromatic nitrogens is 2. The molecule has 0 aliphatic heterocycles. The summed E-state index contributed by atoms with van der Waals surface area (Å²) in [4.78, 5) is 7.51. The monoisotopic (exact) mass is 174 g/mol. The number of rotatable bonds is 1. The summed E-state index contributed by atoms with van der Waals surface area (Å²) in [6, 6.07) is 2.22. The van der Waals surface area contributed by atoms with Crippen LogP contribution < -0.4 is 0 Å². The van der Waals surface area contributed by atoms with Gasteiger partial charge in [0.15, 0.2) is 0 Å². The highest BCUT2D eigenvalue weighted by Crippen LogP contribution is 2.20. The number of hydrogen-bond acceptors (Lipinski definition) is 1. The van der Waals surface area contributed by atoms with Gasteiger partial charge in [-0.05, 0) is 30.0 Å². The van der Waals surface area contributed by atoms with Gasteiger partial charge in [-0.2, -0.15) is 0 Å². The summed E-state index contributed by atoms with van der Waals surface area (Å²) in [5, 5.41) is 1.24. The molecule has 2 aromatic rings. The fraction of sp³-hybridized carbons (Fsp3) is 0.364. The Hall–Kier alpha value is -1.31. The quantitative estimate of drug-likeness (QED) is 0.707. The van der Waals surface area contributed by atoms with Gasteiger partial charge in [-0.25, -0.2) is 4.98 Å². The lowest BCUT2D eigenvalue weighted by Crippen LogP contribution is -1.88. The van der Waals surface area contributed by atoms with Gasteiger partial charge in [0.2, 0.25) is 0 Å². The maximum atomic E-state index is 4.37. The zero-order valence-electron chi connectivity index (χ0n) is 8.26. The normalized spacial score (nSPS) is 11.4. The molecule has 2 nitrogen and oxygen atoms in total. The maximum Gasteiger partial charge on any atom is 0.137 e. The van der Waals surface area contributed by atoms with Crippen LogP contribution in [0.5, 0.6) is 0 Å². The Kier molecular flexibility index (Phi) is 1.83. The molecule has 2 rings (SSSR count). The van der Waals surface area contributed by atoms with E-state index in [9.17, 15) is 0 Å². The van der Waals surface area contributed by atoms with Crippen molar-refractivity contribution < 1.29 is 0 Å². The number of pyridine rings is 1. The van der Waals surface area contributed by atoms with Gasteiger partial charge in [-0.15, -0.1) is 0 Å². The molecule has 0 atom stereocenters. The molecule has 0 radical (unpaired) electrons. The van der Waals surface area contributed by atoms with E-state index >= 15 is 0 Å². The van der Waals surface area contributed by atoms with Crippen LogP contribution in [0.3, 0.4) is 0 Å². The van der Waals surface area contributed by atoms with Crippen molar-refractivity contribution in [3.05, 3.63) is 29.6 Å². The van der Waals surface area contributed by atoms with Gasteiger partial charge in [0.1, 0.15) is 5.65 Å². The predicted molar refractivity (Wildman–Crippen MR) is 54.9 cm³/mol. The minimum atomic E-state index is 0.547. The first kappa shape index (κ1) is 8.30. The lowest BCUT2D eigenvalue weighted by Gasteiger charge is -2.03. The smallest absolute Gasteiger partial charge is 0.137 e. The average Bonchev–Trinajstić information content (AvgIpc) is 2.47. The Bertz CT molecular complexity index is 427. The van der Waals surface area contributed by atoms with Gasteiger partial charge in [-0.1, -0.05) is 13.8 Å². The van der Waals surface area contributed by atoms with Crippen LogP contribution in [-0.2, 0) is 0 Å². The van der Waals surface area contributed by atoms with Crippen LogP contribution in [-0.4, -0.2) is 9.97 Å². The number of fused-ring (bicyclic) bond motifs is 1. The number of H-pyrrole nitrogens is 1. The molecule has 0 aliphatic rings. The van der Waals surface area contributed by atoms with Crippen molar-refractivity contribution in [2.24, 2.45) is 0 Å². The molecule has 1 N–H and O–H groups in total. The molecule has 0 bridgehead atoms. The lowest BCUT2D eigenvalue weighted by atomic mass is 10.0. The van der Waals surface area contributed by atoms with E-state index < -0.39 is 0 Å². The molecule has 0 unspecified atom stereocenters. The summed E-state index contributed by atoms with van der Waals surface area (Å²) >= 11 is 0. The molecule has 0 amide bonds. The second kappa shape index (κ2) is 2.87. The third kappa shape index (κ3) is 1.32. The van der Waals surface area contributed by atoms with Crippen molar-refractivity contribution in [1.29, 1.82) is 0 Å². The number of nitrogens with one attached hydrogen (secondary N) is 1. The SMILES string of the molecule is Cc1c[nH]c2ncc(C(C)C)cc12. The molecular weight excluding hydrogens is 160 g/mol. The van der Waals surface area contributed by atoms with E-state index in [1.165, 1.54) is 16.5 Å². The van der Waals surface area contributed by atoms with Crippen LogP contribution in [0.15, 0.2) is 18.5 Å². The highest BCUT2D eigenvalue weighted by molar-refractivity contribution is 5.79. The van der Waals surface area contributed by atoms with Gasteiger partial charge >= 0.3 is 0 Å².